The number of nitrogens with one attached hydrogen (secondary N) is 2. The molecule has 3 N–H and O–H groups in total. The molecule has 7 nitrogen and oxygen atoms in total. The molecule has 0 saturated heterocycles. The molecule has 6 rings (SSSR count). The van der Waals surface area contributed by atoms with Gasteiger partial charge < -0.3 is 14.6 Å². The second-order valence-electron chi connectivity index (χ2n) is 11.8. The molecule has 0 unspecified atom stereocenters. The zero-order valence-electron chi connectivity index (χ0n) is 26.8. The Morgan fingerprint density at radius 2 is 1.53 bits per heavy atom. The molecule has 0 bridgehead atoms. The highest BCUT2D eigenvalue weighted by Gasteiger charge is 2.53. The maximum atomic E-state index is 14.5. The zero-order valence-corrected chi connectivity index (χ0v) is 28.4. The topological polar surface area (TPSA) is 92.2 Å². The Balaban J connectivity index is 1.35. The number of hydrogen-bond acceptors (Lipinski definition) is 6. The minimum Gasteiger partial charge on any atom is -0.494 e. The zero-order chi connectivity index (χ0) is 34.1. The number of aliphatic imine (C=N–C) groups is 1. The number of amides is 1. The van der Waals surface area contributed by atoms with E-state index < -0.39 is 11.6 Å². The monoisotopic (exact) mass is 721 g/mol. The van der Waals surface area contributed by atoms with Gasteiger partial charge >= 0.3 is 0 Å². The predicted octanol–water partition coefficient (Wildman–Crippen LogP) is 7.38. The van der Waals surface area contributed by atoms with E-state index in [-0.39, 0.29) is 24.8 Å². The van der Waals surface area contributed by atoms with Crippen LogP contribution in [-0.2, 0) is 22.4 Å². The van der Waals surface area contributed by atoms with Crippen molar-refractivity contribution < 1.29 is 23.8 Å². The van der Waals surface area contributed by atoms with Gasteiger partial charge in [0.1, 0.15) is 11.6 Å². The third kappa shape index (κ3) is 8.25. The average Bonchev–Trinajstić information content (AvgIpc) is 3.53. The van der Waals surface area contributed by atoms with Crippen LogP contribution >= 0.6 is 15.9 Å². The minimum absolute atomic E-state index is 0.0525. The number of nitrogens with zero attached hydrogens (tertiary/aromatic N) is 1. The number of hydrazine groups is 1. The van der Waals surface area contributed by atoms with E-state index in [1.165, 1.54) is 6.07 Å². The normalized spacial score (nSPS) is 16.9. The summed E-state index contributed by atoms with van der Waals surface area (Å²) in [7, 11) is 0. The van der Waals surface area contributed by atoms with Gasteiger partial charge in [-0.05, 0) is 76.7 Å². The molecule has 1 aliphatic heterocycles. The number of carbonyl (C=O) groups is 1. The lowest BCUT2D eigenvalue weighted by atomic mass is 9.82. The van der Waals surface area contributed by atoms with Crippen molar-refractivity contribution in [2.45, 2.75) is 30.9 Å². The van der Waals surface area contributed by atoms with Gasteiger partial charge in [0, 0.05) is 36.0 Å². The first kappa shape index (κ1) is 34.0. The SMILES string of the molecule is O=C(NNCCc1ccccc1F)[C@@]1(Cc2ccc(Br)cc2)N=C(c2ccc(OCCCO)cc2)O[C@H]1c1ccc(-c2ccccc2)cc1. The third-order valence-corrected chi connectivity index (χ3v) is 8.95. The highest BCUT2D eigenvalue weighted by molar-refractivity contribution is 9.10. The first-order chi connectivity index (χ1) is 23.9. The molecule has 0 radical (unpaired) electrons. The number of ether oxygens (including phenoxy) is 2. The van der Waals surface area contributed by atoms with Crippen molar-refractivity contribution in [3.8, 4) is 16.9 Å². The molecule has 0 spiro atoms. The van der Waals surface area contributed by atoms with Crippen LogP contribution in [0.2, 0.25) is 0 Å². The van der Waals surface area contributed by atoms with E-state index in [2.05, 4.69) is 38.9 Å². The minimum atomic E-state index is -1.40. The lowest BCUT2D eigenvalue weighted by molar-refractivity contribution is -0.130. The highest BCUT2D eigenvalue weighted by atomic mass is 79.9. The van der Waals surface area contributed by atoms with Crippen LogP contribution in [0, 0.1) is 5.82 Å². The van der Waals surface area contributed by atoms with Gasteiger partial charge in [-0.15, -0.1) is 0 Å². The predicted molar refractivity (Wildman–Crippen MR) is 193 cm³/mol. The highest BCUT2D eigenvalue weighted by Crippen LogP contribution is 2.43. The Kier molecular flexibility index (Phi) is 11.1. The average molecular weight is 723 g/mol. The first-order valence-corrected chi connectivity index (χ1v) is 17.0. The van der Waals surface area contributed by atoms with Crippen LogP contribution in [0.4, 0.5) is 4.39 Å². The molecule has 0 saturated carbocycles. The summed E-state index contributed by atoms with van der Waals surface area (Å²) in [4.78, 5) is 19.6. The molecule has 0 fully saturated rings. The Morgan fingerprint density at radius 1 is 0.857 bits per heavy atom. The first-order valence-electron chi connectivity index (χ1n) is 16.2. The molecule has 49 heavy (non-hydrogen) atoms. The maximum absolute atomic E-state index is 14.5. The number of carbonyl (C=O) groups excluding carboxylic acids is 1. The van der Waals surface area contributed by atoms with Crippen molar-refractivity contribution >= 4 is 27.7 Å². The molecule has 5 aromatic rings. The number of rotatable bonds is 14. The molecule has 250 valence electrons. The summed E-state index contributed by atoms with van der Waals surface area (Å²) in [5, 5.41) is 9.10. The van der Waals surface area contributed by atoms with Crippen LogP contribution in [0.15, 0.2) is 137 Å². The number of aliphatic hydroxyl groups excluding tert-OH is 1. The summed E-state index contributed by atoms with van der Waals surface area (Å²) in [6, 6.07) is 39.9. The summed E-state index contributed by atoms with van der Waals surface area (Å²) < 4.78 is 27.6. The van der Waals surface area contributed by atoms with Crippen molar-refractivity contribution in [2.24, 2.45) is 4.99 Å². The van der Waals surface area contributed by atoms with Crippen LogP contribution in [0.5, 0.6) is 5.75 Å². The van der Waals surface area contributed by atoms with E-state index in [9.17, 15) is 9.18 Å². The van der Waals surface area contributed by atoms with E-state index >= 15 is 0 Å². The standard InChI is InChI=1S/C40H37BrFN3O4/c41-34-19-11-28(12-20-34)27-40(39(47)45-43-24-23-31-9-4-5-10-36(31)42)37(32-15-13-30(14-16-32)29-7-2-1-3-8-29)49-38(44-40)33-17-21-35(22-18-33)48-26-6-25-46/h1-5,7-22,37,43,46H,6,23-27H2,(H,45,47)/t37-,40-/m0/s1. The Labute approximate surface area is 293 Å². The van der Waals surface area contributed by atoms with Crippen LogP contribution in [-0.4, -0.2) is 42.2 Å². The van der Waals surface area contributed by atoms with Gasteiger partial charge in [-0.2, -0.15) is 0 Å². The fourth-order valence-corrected chi connectivity index (χ4v) is 6.09. The third-order valence-electron chi connectivity index (χ3n) is 8.42. The fraction of sp³-hybridized carbons (Fsp3) is 0.200. The van der Waals surface area contributed by atoms with Crippen molar-refractivity contribution in [3.05, 3.63) is 160 Å². The number of benzene rings is 5. The molecule has 2 atom stereocenters. The van der Waals surface area contributed by atoms with Crippen molar-refractivity contribution in [2.75, 3.05) is 19.8 Å². The lowest BCUT2D eigenvalue weighted by Gasteiger charge is -2.31. The van der Waals surface area contributed by atoms with Crippen LogP contribution in [0.3, 0.4) is 0 Å². The van der Waals surface area contributed by atoms with E-state index in [4.69, 9.17) is 19.6 Å². The second kappa shape index (κ2) is 16.0. The maximum Gasteiger partial charge on any atom is 0.266 e. The van der Waals surface area contributed by atoms with Gasteiger partial charge in [-0.1, -0.05) is 101 Å². The molecule has 0 aliphatic carbocycles. The largest absolute Gasteiger partial charge is 0.494 e. The smallest absolute Gasteiger partial charge is 0.266 e. The van der Waals surface area contributed by atoms with E-state index in [0.29, 0.717) is 48.8 Å². The van der Waals surface area contributed by atoms with Crippen molar-refractivity contribution in [3.63, 3.8) is 0 Å². The van der Waals surface area contributed by atoms with Crippen molar-refractivity contribution in [1.82, 2.24) is 10.9 Å². The van der Waals surface area contributed by atoms with E-state index in [0.717, 1.165) is 26.7 Å². The Bertz CT molecular complexity index is 1870. The quantitative estimate of drug-likeness (QED) is 0.0823. The molecule has 0 aromatic heterocycles. The summed E-state index contributed by atoms with van der Waals surface area (Å²) in [6.45, 7) is 0.762. The summed E-state index contributed by atoms with van der Waals surface area (Å²) in [5.74, 6) is 0.323. The summed E-state index contributed by atoms with van der Waals surface area (Å²) >= 11 is 3.52. The molecule has 1 aliphatic rings. The van der Waals surface area contributed by atoms with Gasteiger partial charge in [0.2, 0.25) is 5.90 Å². The number of halogens is 2. The summed E-state index contributed by atoms with van der Waals surface area (Å²) in [6.07, 6.45) is 0.391. The van der Waals surface area contributed by atoms with Gasteiger partial charge in [0.25, 0.3) is 5.91 Å². The Hall–Kier alpha value is -4.83. The summed E-state index contributed by atoms with van der Waals surface area (Å²) in [5.41, 5.74) is 9.56. The molecular weight excluding hydrogens is 685 g/mol. The Morgan fingerprint density at radius 3 is 2.24 bits per heavy atom. The molecule has 1 amide bonds. The van der Waals surface area contributed by atoms with Gasteiger partial charge in [0.05, 0.1) is 6.61 Å². The fourth-order valence-electron chi connectivity index (χ4n) is 5.83. The van der Waals surface area contributed by atoms with Crippen molar-refractivity contribution in [1.29, 1.82) is 0 Å². The lowest BCUT2D eigenvalue weighted by Crippen LogP contribution is -2.54. The van der Waals surface area contributed by atoms with Crippen LogP contribution in [0.25, 0.3) is 11.1 Å². The second-order valence-corrected chi connectivity index (χ2v) is 12.7. The van der Waals surface area contributed by atoms with Gasteiger partial charge in [-0.3, -0.25) is 10.2 Å². The van der Waals surface area contributed by atoms with E-state index in [1.807, 2.05) is 91.0 Å². The van der Waals surface area contributed by atoms with Crippen LogP contribution in [0.1, 0.15) is 34.8 Å². The molecule has 1 heterocycles. The number of aliphatic hydroxyl groups is 1. The van der Waals surface area contributed by atoms with E-state index in [1.54, 1.807) is 18.2 Å². The molecule has 5 aromatic carbocycles. The molecular formula is C40H37BrFN3O4. The van der Waals surface area contributed by atoms with Gasteiger partial charge in [-0.25, -0.2) is 14.8 Å². The molecule has 9 heteroatoms. The van der Waals surface area contributed by atoms with Crippen LogP contribution < -0.4 is 15.6 Å². The van der Waals surface area contributed by atoms with Gasteiger partial charge in [0.15, 0.2) is 11.6 Å². The number of hydrogen-bond donors (Lipinski definition) is 3.